The van der Waals surface area contributed by atoms with Crippen molar-refractivity contribution in [3.8, 4) is 5.82 Å². The van der Waals surface area contributed by atoms with Crippen molar-refractivity contribution in [3.05, 3.63) is 75.9 Å². The highest BCUT2D eigenvalue weighted by Crippen LogP contribution is 2.22. The third kappa shape index (κ3) is 6.99. The topological polar surface area (TPSA) is 164 Å². The zero-order valence-corrected chi connectivity index (χ0v) is 24.6. The second-order valence-corrected chi connectivity index (χ2v) is 12.4. The van der Waals surface area contributed by atoms with Crippen molar-refractivity contribution in [2.24, 2.45) is 0 Å². The predicted octanol–water partition coefficient (Wildman–Crippen LogP) is 2.20. The number of nitrogens with one attached hydrogen (secondary N) is 4. The lowest BCUT2D eigenvalue weighted by atomic mass is 10.1. The minimum atomic E-state index is -4.27. The highest BCUT2D eigenvalue weighted by atomic mass is 32.2. The number of ether oxygens (including phenoxy) is 1. The largest absolute Gasteiger partial charge is 0.388 e. The summed E-state index contributed by atoms with van der Waals surface area (Å²) in [5.41, 5.74) is 0.711. The van der Waals surface area contributed by atoms with E-state index in [4.69, 9.17) is 4.74 Å². The van der Waals surface area contributed by atoms with Gasteiger partial charge in [-0.25, -0.2) is 22.9 Å². The Balaban J connectivity index is 1.36. The van der Waals surface area contributed by atoms with Gasteiger partial charge < -0.3 is 20.7 Å². The van der Waals surface area contributed by atoms with E-state index in [9.17, 15) is 27.2 Å². The van der Waals surface area contributed by atoms with Gasteiger partial charge in [0.25, 0.3) is 21.5 Å². The Morgan fingerprint density at radius 1 is 1.07 bits per heavy atom. The summed E-state index contributed by atoms with van der Waals surface area (Å²) in [6.07, 6.45) is 2.65. The standard InChI is InChI=1S/C27H28FN7O6S2/c1-29-17-2-4-19-20(14-17)21(25(36)30-8-9-34-10-12-41-13-11-34)16-35(26(19)37)23-6-3-18(15-31-23)32-27(38)33-43(39,40)24-7-5-22(28)42-24/h2-7,14-16,29H,8-13H2,1H3,(H,30,36)(H2,32,33,38). The molecule has 16 heteroatoms. The average molecular weight is 630 g/mol. The number of rotatable bonds is 9. The van der Waals surface area contributed by atoms with Crippen molar-refractivity contribution in [2.75, 3.05) is 57.1 Å². The molecule has 0 atom stereocenters. The molecular formula is C27H28FN7O6S2. The van der Waals surface area contributed by atoms with Gasteiger partial charge in [0.2, 0.25) is 0 Å². The zero-order chi connectivity index (χ0) is 30.6. The smallest absolute Gasteiger partial charge is 0.333 e. The number of amides is 3. The van der Waals surface area contributed by atoms with E-state index in [0.717, 1.165) is 30.9 Å². The van der Waals surface area contributed by atoms with Gasteiger partial charge in [0.05, 0.1) is 30.7 Å². The summed E-state index contributed by atoms with van der Waals surface area (Å²) in [5, 5.41) is 8.36. The number of hydrogen-bond acceptors (Lipinski definition) is 10. The molecule has 0 bridgehead atoms. The molecule has 43 heavy (non-hydrogen) atoms. The van der Waals surface area contributed by atoms with Crippen molar-refractivity contribution in [3.63, 3.8) is 0 Å². The summed E-state index contributed by atoms with van der Waals surface area (Å²) in [6, 6.07) is 8.89. The van der Waals surface area contributed by atoms with Crippen LogP contribution < -0.4 is 26.2 Å². The summed E-state index contributed by atoms with van der Waals surface area (Å²) in [4.78, 5) is 45.5. The number of carbonyl (C=O) groups is 2. The van der Waals surface area contributed by atoms with Crippen LogP contribution in [0.3, 0.4) is 0 Å². The molecule has 4 heterocycles. The van der Waals surface area contributed by atoms with Crippen LogP contribution in [-0.4, -0.2) is 81.2 Å². The molecule has 0 aliphatic carbocycles. The number of nitrogens with zero attached hydrogens (tertiary/aromatic N) is 3. The first-order valence-electron chi connectivity index (χ1n) is 13.2. The van der Waals surface area contributed by atoms with Crippen LogP contribution in [-0.2, 0) is 14.8 Å². The zero-order valence-electron chi connectivity index (χ0n) is 22.9. The molecule has 5 rings (SSSR count). The number of morpholine rings is 1. The number of urea groups is 1. The number of aromatic nitrogens is 2. The van der Waals surface area contributed by atoms with E-state index in [-0.39, 0.29) is 27.2 Å². The first kappa shape index (κ1) is 30.1. The summed E-state index contributed by atoms with van der Waals surface area (Å²) >= 11 is 0.380. The molecule has 1 aliphatic heterocycles. The van der Waals surface area contributed by atoms with Gasteiger partial charge in [-0.3, -0.25) is 19.1 Å². The Kier molecular flexibility index (Phi) is 9.00. The molecule has 3 amide bonds. The van der Waals surface area contributed by atoms with Gasteiger partial charge in [-0.15, -0.1) is 0 Å². The number of fused-ring (bicyclic) bond motifs is 1. The molecule has 3 aromatic heterocycles. The number of hydrogen-bond donors (Lipinski definition) is 4. The van der Waals surface area contributed by atoms with E-state index in [1.54, 1.807) is 30.0 Å². The maximum Gasteiger partial charge on any atom is 0.333 e. The van der Waals surface area contributed by atoms with E-state index in [2.05, 4.69) is 25.8 Å². The molecule has 0 spiro atoms. The van der Waals surface area contributed by atoms with E-state index in [1.165, 1.54) is 29.1 Å². The van der Waals surface area contributed by atoms with Crippen LogP contribution in [0.4, 0.5) is 20.6 Å². The van der Waals surface area contributed by atoms with Gasteiger partial charge in [-0.05, 0) is 42.5 Å². The van der Waals surface area contributed by atoms with E-state index >= 15 is 0 Å². The molecule has 13 nitrogen and oxygen atoms in total. The Morgan fingerprint density at radius 3 is 2.51 bits per heavy atom. The van der Waals surface area contributed by atoms with Gasteiger partial charge in [0.15, 0.2) is 5.13 Å². The minimum Gasteiger partial charge on any atom is -0.388 e. The first-order valence-corrected chi connectivity index (χ1v) is 15.5. The fraction of sp³-hybridized carbons (Fsp3) is 0.259. The summed E-state index contributed by atoms with van der Waals surface area (Å²) in [7, 11) is -2.53. The highest BCUT2D eigenvalue weighted by molar-refractivity contribution is 7.92. The molecule has 1 fully saturated rings. The van der Waals surface area contributed by atoms with E-state index in [1.807, 2.05) is 0 Å². The van der Waals surface area contributed by atoms with E-state index in [0.29, 0.717) is 48.4 Å². The second kappa shape index (κ2) is 12.9. The number of anilines is 2. The van der Waals surface area contributed by atoms with Gasteiger partial charge in [-0.1, -0.05) is 11.3 Å². The molecule has 226 valence electrons. The minimum absolute atomic E-state index is 0.127. The van der Waals surface area contributed by atoms with Gasteiger partial charge in [-0.2, -0.15) is 4.39 Å². The number of thiophene rings is 1. The summed E-state index contributed by atoms with van der Waals surface area (Å²) < 4.78 is 45.8. The van der Waals surface area contributed by atoms with E-state index < -0.39 is 26.7 Å². The van der Waals surface area contributed by atoms with Crippen molar-refractivity contribution >= 4 is 55.4 Å². The lowest BCUT2D eigenvalue weighted by Gasteiger charge is -2.26. The van der Waals surface area contributed by atoms with Crippen molar-refractivity contribution in [1.29, 1.82) is 0 Å². The molecule has 1 saturated heterocycles. The Morgan fingerprint density at radius 2 is 1.84 bits per heavy atom. The number of pyridine rings is 2. The Bertz CT molecular complexity index is 1820. The average Bonchev–Trinajstić information content (AvgIpc) is 3.45. The maximum atomic E-state index is 13.5. The number of benzene rings is 1. The summed E-state index contributed by atoms with van der Waals surface area (Å²) in [6.45, 7) is 3.94. The Labute approximate surface area is 249 Å². The normalized spacial score (nSPS) is 13.9. The lowest BCUT2D eigenvalue weighted by Crippen LogP contribution is -2.41. The third-order valence-electron chi connectivity index (χ3n) is 6.66. The van der Waals surface area contributed by atoms with Crippen LogP contribution in [0.2, 0.25) is 0 Å². The lowest BCUT2D eigenvalue weighted by molar-refractivity contribution is 0.0383. The third-order valence-corrected chi connectivity index (χ3v) is 9.36. The quantitative estimate of drug-likeness (QED) is 0.217. The van der Waals surface area contributed by atoms with Crippen LogP contribution in [0.5, 0.6) is 0 Å². The van der Waals surface area contributed by atoms with Crippen LogP contribution >= 0.6 is 11.3 Å². The van der Waals surface area contributed by atoms with Crippen molar-refractivity contribution < 1.29 is 27.1 Å². The van der Waals surface area contributed by atoms with Crippen molar-refractivity contribution in [2.45, 2.75) is 4.21 Å². The van der Waals surface area contributed by atoms with Gasteiger partial charge >= 0.3 is 6.03 Å². The SMILES string of the molecule is CNc1ccc2c(=O)n(-c3ccc(NC(=O)NS(=O)(=O)c4ccc(F)s4)cn3)cc(C(=O)NCCN3CCOCC3)c2c1. The van der Waals surface area contributed by atoms with Crippen LogP contribution in [0.1, 0.15) is 10.4 Å². The highest BCUT2D eigenvalue weighted by Gasteiger charge is 2.21. The monoisotopic (exact) mass is 629 g/mol. The fourth-order valence-corrected chi connectivity index (χ4v) is 6.38. The molecule has 0 unspecified atom stereocenters. The Hall–Kier alpha value is -4.38. The van der Waals surface area contributed by atoms with Crippen LogP contribution in [0.25, 0.3) is 16.6 Å². The number of halogens is 1. The molecule has 4 N–H and O–H groups in total. The molecule has 1 aromatic carbocycles. The summed E-state index contributed by atoms with van der Waals surface area (Å²) in [5.74, 6) is -0.193. The second-order valence-electron chi connectivity index (χ2n) is 9.46. The van der Waals surface area contributed by atoms with Gasteiger partial charge in [0, 0.05) is 55.9 Å². The molecule has 4 aromatic rings. The van der Waals surface area contributed by atoms with Crippen molar-refractivity contribution in [1.82, 2.24) is 24.5 Å². The number of carbonyl (C=O) groups excluding carboxylic acids is 2. The molecule has 0 saturated carbocycles. The first-order chi connectivity index (χ1) is 20.6. The fourth-order valence-electron chi connectivity index (χ4n) is 4.47. The molecule has 0 radical (unpaired) electrons. The molecule has 1 aliphatic rings. The number of sulfonamides is 1. The van der Waals surface area contributed by atoms with Gasteiger partial charge in [0.1, 0.15) is 10.0 Å². The maximum absolute atomic E-state index is 13.5. The predicted molar refractivity (Wildman–Crippen MR) is 160 cm³/mol. The molecular weight excluding hydrogens is 601 g/mol. The van der Waals surface area contributed by atoms with Crippen LogP contribution in [0.15, 0.2) is 63.9 Å². The van der Waals surface area contributed by atoms with Crippen LogP contribution in [0, 0.1) is 5.13 Å².